The molecular weight excluding hydrogens is 515 g/mol. The summed E-state index contributed by atoms with van der Waals surface area (Å²) in [5.74, 6) is 0. The number of hydrogen-bond donors (Lipinski definition) is 1. The van der Waals surface area contributed by atoms with Crippen molar-refractivity contribution in [1.29, 1.82) is 0 Å². The molecule has 1 unspecified atom stereocenters. The van der Waals surface area contributed by atoms with Gasteiger partial charge in [0.1, 0.15) is 5.54 Å². The van der Waals surface area contributed by atoms with Crippen LogP contribution in [-0.4, -0.2) is 27.4 Å². The Kier molecular flexibility index (Phi) is 6.68. The minimum absolute atomic E-state index is 0.109. The van der Waals surface area contributed by atoms with Crippen LogP contribution in [0.4, 0.5) is 0 Å². The van der Waals surface area contributed by atoms with Gasteiger partial charge in [-0.3, -0.25) is 4.79 Å². The first kappa shape index (κ1) is 26.2. The number of benzene rings is 3. The smallest absolute Gasteiger partial charge is 0.251 e. The van der Waals surface area contributed by atoms with Gasteiger partial charge in [0.15, 0.2) is 0 Å². The molecular formula is C30H30ClN4O2P. The fraction of sp³-hybridized carbons (Fsp3) is 0.200. The predicted octanol–water partition coefficient (Wildman–Crippen LogP) is 5.97. The number of halogens is 1. The maximum Gasteiger partial charge on any atom is 0.251 e. The van der Waals surface area contributed by atoms with Crippen LogP contribution in [0.25, 0.3) is 22.0 Å². The normalized spacial score (nSPS) is 13.5. The van der Waals surface area contributed by atoms with Crippen LogP contribution in [-0.2, 0) is 30.4 Å². The fourth-order valence-electron chi connectivity index (χ4n) is 5.16. The Morgan fingerprint density at radius 2 is 1.71 bits per heavy atom. The second-order valence-electron chi connectivity index (χ2n) is 10.3. The fourth-order valence-corrected chi connectivity index (χ4v) is 6.42. The number of aryl methyl sites for hydroxylation is 2. The van der Waals surface area contributed by atoms with Crippen molar-refractivity contribution in [3.8, 4) is 11.1 Å². The first-order chi connectivity index (χ1) is 18.0. The highest BCUT2D eigenvalue weighted by Crippen LogP contribution is 2.42. The maximum atomic E-state index is 13.0. The summed E-state index contributed by atoms with van der Waals surface area (Å²) in [6.07, 6.45) is 3.99. The molecule has 0 spiro atoms. The number of nitrogens with zero attached hydrogens (tertiary/aromatic N) is 3. The van der Waals surface area contributed by atoms with Crippen LogP contribution in [0.1, 0.15) is 22.4 Å². The molecule has 3 aromatic carbocycles. The Morgan fingerprint density at radius 3 is 2.39 bits per heavy atom. The molecule has 0 saturated heterocycles. The van der Waals surface area contributed by atoms with E-state index < -0.39 is 12.7 Å². The average molecular weight is 545 g/mol. The van der Waals surface area contributed by atoms with E-state index in [0.29, 0.717) is 11.2 Å². The number of fused-ring (bicyclic) bond motifs is 1. The summed E-state index contributed by atoms with van der Waals surface area (Å²) in [6.45, 7) is 3.57. The Hall–Kier alpha value is -3.44. The Morgan fingerprint density at radius 1 is 0.974 bits per heavy atom. The third-order valence-corrected chi connectivity index (χ3v) is 8.37. The maximum absolute atomic E-state index is 13.0. The van der Waals surface area contributed by atoms with Gasteiger partial charge >= 0.3 is 0 Å². The number of rotatable bonds is 6. The van der Waals surface area contributed by atoms with Gasteiger partial charge in [0.05, 0.1) is 30.9 Å². The number of pyridine rings is 1. The molecule has 6 nitrogen and oxygen atoms in total. The molecule has 0 saturated carbocycles. The Bertz CT molecular complexity index is 1790. The molecule has 0 amide bonds. The van der Waals surface area contributed by atoms with Crippen molar-refractivity contribution in [2.75, 3.05) is 13.3 Å². The van der Waals surface area contributed by atoms with Gasteiger partial charge in [0.25, 0.3) is 5.56 Å². The molecule has 0 radical (unpaired) electrons. The number of hydrogen-bond acceptors (Lipinski definition) is 4. The highest BCUT2D eigenvalue weighted by atomic mass is 35.5. The summed E-state index contributed by atoms with van der Waals surface area (Å²) in [5, 5.41) is 1.47. The van der Waals surface area contributed by atoms with E-state index in [9.17, 15) is 9.36 Å². The van der Waals surface area contributed by atoms with Crippen LogP contribution < -0.4 is 11.3 Å². The summed E-state index contributed by atoms with van der Waals surface area (Å²) in [7, 11) is 1.41. The molecule has 194 valence electrons. The van der Waals surface area contributed by atoms with Gasteiger partial charge in [-0.25, -0.2) is 4.98 Å². The van der Waals surface area contributed by atoms with Crippen LogP contribution in [0.15, 0.2) is 90.1 Å². The lowest BCUT2D eigenvalue weighted by molar-refractivity contribution is 0.582. The summed E-state index contributed by atoms with van der Waals surface area (Å²) < 4.78 is 16.1. The molecule has 2 aromatic heterocycles. The molecule has 0 bridgehead atoms. The van der Waals surface area contributed by atoms with Gasteiger partial charge in [-0.05, 0) is 65.4 Å². The van der Waals surface area contributed by atoms with Gasteiger partial charge in [0, 0.05) is 36.7 Å². The lowest BCUT2D eigenvalue weighted by Crippen LogP contribution is -2.41. The second-order valence-corrected chi connectivity index (χ2v) is 14.2. The van der Waals surface area contributed by atoms with Crippen molar-refractivity contribution < 1.29 is 4.57 Å². The van der Waals surface area contributed by atoms with Crippen molar-refractivity contribution in [2.45, 2.75) is 11.7 Å². The summed E-state index contributed by atoms with van der Waals surface area (Å²) >= 11 is 6.40. The molecule has 2 heterocycles. The van der Waals surface area contributed by atoms with E-state index in [1.807, 2.05) is 72.3 Å². The first-order valence-corrected chi connectivity index (χ1v) is 15.4. The van der Waals surface area contributed by atoms with Crippen molar-refractivity contribution >= 4 is 29.6 Å². The van der Waals surface area contributed by atoms with Gasteiger partial charge in [-0.1, -0.05) is 54.1 Å². The van der Waals surface area contributed by atoms with E-state index in [4.69, 9.17) is 17.3 Å². The van der Waals surface area contributed by atoms with Crippen molar-refractivity contribution in [3.63, 3.8) is 0 Å². The molecule has 2 N–H and O–H groups in total. The topological polar surface area (TPSA) is 82.9 Å². The summed E-state index contributed by atoms with van der Waals surface area (Å²) in [4.78, 5) is 17.3. The number of nitrogens with two attached hydrogens (primary N) is 1. The van der Waals surface area contributed by atoms with E-state index in [1.54, 1.807) is 43.5 Å². The van der Waals surface area contributed by atoms with Gasteiger partial charge < -0.3 is 19.4 Å². The number of imidazole rings is 1. The van der Waals surface area contributed by atoms with E-state index in [-0.39, 0.29) is 5.56 Å². The van der Waals surface area contributed by atoms with Gasteiger partial charge in [-0.2, -0.15) is 0 Å². The predicted molar refractivity (Wildman–Crippen MR) is 157 cm³/mol. The molecule has 0 aliphatic rings. The first-order valence-electron chi connectivity index (χ1n) is 12.3. The zero-order valence-corrected chi connectivity index (χ0v) is 23.5. The van der Waals surface area contributed by atoms with E-state index >= 15 is 0 Å². The van der Waals surface area contributed by atoms with Crippen molar-refractivity contribution in [3.05, 3.63) is 123 Å². The molecule has 1 atom stereocenters. The van der Waals surface area contributed by atoms with E-state index in [0.717, 1.165) is 44.4 Å². The third kappa shape index (κ3) is 4.76. The standard InChI is InChI=1S/C30H30ClN4O2P/c1-34-19-33-17-28(34)30(32,22-9-6-10-24(31)14-22)23-11-12-27-26(15-23)25(16-29(36)35(27)2)21-8-5-7-20(13-21)18-38(3,4)37/h5-17,19H,18,32H2,1-4H3. The van der Waals surface area contributed by atoms with Crippen LogP contribution >= 0.6 is 18.7 Å². The minimum Gasteiger partial charge on any atom is -0.336 e. The summed E-state index contributed by atoms with van der Waals surface area (Å²) in [5.41, 5.74) is 12.0. The zero-order chi connectivity index (χ0) is 27.2. The zero-order valence-electron chi connectivity index (χ0n) is 21.9. The molecule has 8 heteroatoms. The molecule has 0 aliphatic heterocycles. The lowest BCUT2D eigenvalue weighted by atomic mass is 9.80. The summed E-state index contributed by atoms with van der Waals surface area (Å²) in [6, 6.07) is 23.1. The Labute approximate surface area is 227 Å². The van der Waals surface area contributed by atoms with Crippen LogP contribution in [0.3, 0.4) is 0 Å². The third-order valence-electron chi connectivity index (χ3n) is 7.00. The molecule has 5 aromatic rings. The second kappa shape index (κ2) is 9.70. The van der Waals surface area contributed by atoms with E-state index in [2.05, 4.69) is 11.1 Å². The minimum atomic E-state index is -2.27. The van der Waals surface area contributed by atoms with Gasteiger partial charge in [0.2, 0.25) is 0 Å². The molecule has 0 fully saturated rings. The molecule has 5 rings (SSSR count). The lowest BCUT2D eigenvalue weighted by Gasteiger charge is -2.32. The van der Waals surface area contributed by atoms with Crippen LogP contribution in [0.2, 0.25) is 5.02 Å². The van der Waals surface area contributed by atoms with Gasteiger partial charge in [-0.15, -0.1) is 0 Å². The van der Waals surface area contributed by atoms with Crippen molar-refractivity contribution in [2.24, 2.45) is 19.8 Å². The largest absolute Gasteiger partial charge is 0.336 e. The quantitative estimate of drug-likeness (QED) is 0.267. The molecule has 38 heavy (non-hydrogen) atoms. The van der Waals surface area contributed by atoms with Crippen LogP contribution in [0.5, 0.6) is 0 Å². The Balaban J connectivity index is 1.79. The van der Waals surface area contributed by atoms with Crippen LogP contribution in [0, 0.1) is 0 Å². The highest BCUT2D eigenvalue weighted by Gasteiger charge is 2.35. The SMILES string of the molecule is Cn1cncc1C(N)(c1cccc(Cl)c1)c1ccc2c(c1)c(-c1cccc(CP(C)(C)=O)c1)cc(=O)n2C. The number of aromatic nitrogens is 3. The molecule has 0 aliphatic carbocycles. The monoisotopic (exact) mass is 544 g/mol. The average Bonchev–Trinajstić information content (AvgIpc) is 3.31. The van der Waals surface area contributed by atoms with E-state index in [1.165, 1.54) is 0 Å². The highest BCUT2D eigenvalue weighted by molar-refractivity contribution is 7.61. The van der Waals surface area contributed by atoms with Crippen molar-refractivity contribution in [1.82, 2.24) is 14.1 Å².